The minimum atomic E-state index is -1.80. The van der Waals surface area contributed by atoms with Gasteiger partial charge in [-0.3, -0.25) is 9.59 Å². The summed E-state index contributed by atoms with van der Waals surface area (Å²) in [5.74, 6) is -2.59. The summed E-state index contributed by atoms with van der Waals surface area (Å²) in [7, 11) is -0.561. The molecule has 1 aliphatic heterocycles. The first-order chi connectivity index (χ1) is 11.8. The predicted octanol–water partition coefficient (Wildman–Crippen LogP) is 1.86. The Morgan fingerprint density at radius 3 is 1.88 bits per heavy atom. The van der Waals surface area contributed by atoms with E-state index in [-0.39, 0.29) is 12.8 Å². The molecule has 0 amide bonds. The zero-order chi connectivity index (χ0) is 19.7. The Labute approximate surface area is 153 Å². The number of fused-ring (bicyclic) bond motifs is 1. The van der Waals surface area contributed by atoms with Gasteiger partial charge in [-0.05, 0) is 69.3 Å². The molecule has 0 radical (unpaired) electrons. The van der Waals surface area contributed by atoms with Crippen molar-refractivity contribution in [3.05, 3.63) is 28.3 Å². The van der Waals surface area contributed by atoms with E-state index >= 15 is 0 Å². The van der Waals surface area contributed by atoms with Gasteiger partial charge in [-0.15, -0.1) is 0 Å². The fourth-order valence-electron chi connectivity index (χ4n) is 3.83. The van der Waals surface area contributed by atoms with Gasteiger partial charge in [0.1, 0.15) is 0 Å². The van der Waals surface area contributed by atoms with Gasteiger partial charge in [0.2, 0.25) is 0 Å². The Kier molecular flexibility index (Phi) is 4.05. The van der Waals surface area contributed by atoms with Gasteiger partial charge >= 0.3 is 19.1 Å². The van der Waals surface area contributed by atoms with E-state index in [9.17, 15) is 19.8 Å². The Morgan fingerprint density at radius 2 is 1.42 bits per heavy atom. The lowest BCUT2D eigenvalue weighted by Gasteiger charge is -2.32. The van der Waals surface area contributed by atoms with Gasteiger partial charge in [-0.1, -0.05) is 6.07 Å². The van der Waals surface area contributed by atoms with Crippen LogP contribution in [0.2, 0.25) is 0 Å². The van der Waals surface area contributed by atoms with Gasteiger partial charge in [-0.2, -0.15) is 0 Å². The zero-order valence-electron chi connectivity index (χ0n) is 16.1. The number of hydrogen-bond donors (Lipinski definition) is 2. The minimum Gasteiger partial charge on any atom is -0.480 e. The molecular weight excluding hydrogens is 335 g/mol. The highest BCUT2D eigenvalue weighted by Gasteiger charge is 2.55. The van der Waals surface area contributed by atoms with Crippen LogP contribution in [0.1, 0.15) is 49.9 Å². The van der Waals surface area contributed by atoms with Crippen molar-refractivity contribution in [2.75, 3.05) is 0 Å². The first kappa shape index (κ1) is 18.9. The monoisotopic (exact) mass is 360 g/mol. The van der Waals surface area contributed by atoms with Crippen LogP contribution in [0.4, 0.5) is 0 Å². The van der Waals surface area contributed by atoms with Crippen LogP contribution in [0.5, 0.6) is 0 Å². The third kappa shape index (κ3) is 2.48. The first-order valence-electron chi connectivity index (χ1n) is 8.77. The molecule has 1 heterocycles. The number of carbonyl (C=O) groups is 2. The minimum absolute atomic E-state index is 0.00329. The van der Waals surface area contributed by atoms with E-state index in [1.165, 1.54) is 0 Å². The largest absolute Gasteiger partial charge is 0.495 e. The molecule has 0 atom stereocenters. The van der Waals surface area contributed by atoms with Crippen LogP contribution in [0.15, 0.2) is 6.07 Å². The summed E-state index contributed by atoms with van der Waals surface area (Å²) < 4.78 is 12.3. The summed E-state index contributed by atoms with van der Waals surface area (Å²) in [6, 6.07) is 1.94. The highest BCUT2D eigenvalue weighted by molar-refractivity contribution is 6.62. The molecule has 2 N–H and O–H groups in total. The van der Waals surface area contributed by atoms with Crippen molar-refractivity contribution in [1.82, 2.24) is 0 Å². The molecule has 7 heteroatoms. The standard InChI is InChI=1S/C19H25BO6/c1-10-7-14(20-25-17(3,4)18(5,6)26-20)11(2)13-9-19(15(21)22,16(23)24)8-12(10)13/h7H,8-9H2,1-6H3,(H,21,22)(H,23,24). The lowest BCUT2D eigenvalue weighted by Crippen LogP contribution is -2.41. The number of aliphatic carboxylic acids is 2. The second-order valence-corrected chi connectivity index (χ2v) is 8.50. The average molecular weight is 360 g/mol. The number of aryl methyl sites for hydroxylation is 1. The van der Waals surface area contributed by atoms with Gasteiger partial charge in [0.05, 0.1) is 11.2 Å². The Morgan fingerprint density at radius 1 is 0.962 bits per heavy atom. The van der Waals surface area contributed by atoms with Crippen LogP contribution in [-0.2, 0) is 31.7 Å². The van der Waals surface area contributed by atoms with Crippen LogP contribution in [0.25, 0.3) is 0 Å². The highest BCUT2D eigenvalue weighted by Crippen LogP contribution is 2.42. The molecule has 1 fully saturated rings. The fraction of sp³-hybridized carbons (Fsp3) is 0.579. The molecule has 0 spiro atoms. The normalized spacial score (nSPS) is 22.3. The summed E-state index contributed by atoms with van der Waals surface area (Å²) in [5.41, 5.74) is 1.41. The third-order valence-electron chi connectivity index (χ3n) is 6.38. The average Bonchev–Trinajstić information content (AvgIpc) is 3.01. The van der Waals surface area contributed by atoms with Crippen molar-refractivity contribution >= 4 is 24.5 Å². The van der Waals surface area contributed by atoms with E-state index in [2.05, 4.69) is 0 Å². The maximum atomic E-state index is 11.7. The first-order valence-corrected chi connectivity index (χ1v) is 8.77. The predicted molar refractivity (Wildman–Crippen MR) is 96.7 cm³/mol. The molecule has 1 aromatic rings. The summed E-state index contributed by atoms with van der Waals surface area (Å²) in [5, 5.41) is 19.2. The van der Waals surface area contributed by atoms with E-state index < -0.39 is 35.7 Å². The molecule has 6 nitrogen and oxygen atoms in total. The fourth-order valence-corrected chi connectivity index (χ4v) is 3.83. The van der Waals surface area contributed by atoms with Gasteiger partial charge in [0, 0.05) is 12.8 Å². The van der Waals surface area contributed by atoms with E-state index in [1.807, 2.05) is 47.6 Å². The van der Waals surface area contributed by atoms with E-state index in [0.29, 0.717) is 0 Å². The molecule has 2 aliphatic rings. The van der Waals surface area contributed by atoms with Gasteiger partial charge in [0.15, 0.2) is 5.41 Å². The molecule has 1 saturated heterocycles. The van der Waals surface area contributed by atoms with Crippen LogP contribution >= 0.6 is 0 Å². The Bertz CT molecular complexity index is 781. The second-order valence-electron chi connectivity index (χ2n) is 8.50. The molecule has 1 aromatic carbocycles. The quantitative estimate of drug-likeness (QED) is 0.631. The molecule has 3 rings (SSSR count). The smallest absolute Gasteiger partial charge is 0.480 e. The number of benzene rings is 1. The zero-order valence-corrected chi connectivity index (χ0v) is 16.1. The molecular formula is C19H25BO6. The maximum Gasteiger partial charge on any atom is 0.495 e. The summed E-state index contributed by atoms with van der Waals surface area (Å²) >= 11 is 0. The van der Waals surface area contributed by atoms with E-state index in [1.54, 1.807) is 0 Å². The van der Waals surface area contributed by atoms with E-state index in [4.69, 9.17) is 9.31 Å². The van der Waals surface area contributed by atoms with Crippen LogP contribution < -0.4 is 5.46 Å². The molecule has 0 bridgehead atoms. The second kappa shape index (κ2) is 5.57. The molecule has 1 aliphatic carbocycles. The highest BCUT2D eigenvalue weighted by atomic mass is 16.7. The Balaban J connectivity index is 2.07. The molecule has 140 valence electrons. The molecule has 26 heavy (non-hydrogen) atoms. The number of carboxylic acids is 2. The van der Waals surface area contributed by atoms with Gasteiger partial charge in [0.25, 0.3) is 0 Å². The topological polar surface area (TPSA) is 93.1 Å². The Hall–Kier alpha value is -1.86. The number of hydrogen-bond acceptors (Lipinski definition) is 4. The summed E-state index contributed by atoms with van der Waals surface area (Å²) in [4.78, 5) is 23.5. The third-order valence-corrected chi connectivity index (χ3v) is 6.38. The van der Waals surface area contributed by atoms with Crippen molar-refractivity contribution < 1.29 is 29.1 Å². The SMILES string of the molecule is Cc1cc(B2OC(C)(C)C(C)(C)O2)c(C)c2c1CC(C(=O)O)(C(=O)O)C2. The lowest BCUT2D eigenvalue weighted by molar-refractivity contribution is -0.163. The lowest BCUT2D eigenvalue weighted by atomic mass is 9.73. The van der Waals surface area contributed by atoms with Crippen LogP contribution in [0.3, 0.4) is 0 Å². The van der Waals surface area contributed by atoms with Crippen molar-refractivity contribution in [3.63, 3.8) is 0 Å². The summed E-state index contributed by atoms with van der Waals surface area (Å²) in [6.07, 6.45) is -0.0175. The van der Waals surface area contributed by atoms with Crippen molar-refractivity contribution in [3.8, 4) is 0 Å². The van der Waals surface area contributed by atoms with E-state index in [0.717, 1.165) is 27.7 Å². The number of carboxylic acid groups (broad SMARTS) is 2. The van der Waals surface area contributed by atoms with Crippen LogP contribution in [0, 0.1) is 19.3 Å². The molecule has 0 saturated carbocycles. The molecule has 0 aromatic heterocycles. The van der Waals surface area contributed by atoms with Gasteiger partial charge < -0.3 is 19.5 Å². The van der Waals surface area contributed by atoms with Crippen molar-refractivity contribution in [2.24, 2.45) is 5.41 Å². The van der Waals surface area contributed by atoms with Crippen molar-refractivity contribution in [1.29, 1.82) is 0 Å². The number of rotatable bonds is 3. The van der Waals surface area contributed by atoms with Crippen molar-refractivity contribution in [2.45, 2.75) is 65.6 Å². The summed E-state index contributed by atoms with van der Waals surface area (Å²) in [6.45, 7) is 11.7. The van der Waals surface area contributed by atoms with Gasteiger partial charge in [-0.25, -0.2) is 0 Å². The molecule has 0 unspecified atom stereocenters. The maximum absolute atomic E-state index is 11.7. The van der Waals surface area contributed by atoms with Crippen LogP contribution in [-0.4, -0.2) is 40.5 Å².